The first kappa shape index (κ1) is 13.9. The van der Waals surface area contributed by atoms with Crippen molar-refractivity contribution in [3.05, 3.63) is 36.4 Å². The number of hydrogen-bond donors (Lipinski definition) is 2. The monoisotopic (exact) mass is 309 g/mol. The number of benzene rings is 1. The van der Waals surface area contributed by atoms with Gasteiger partial charge >= 0.3 is 0 Å². The minimum Gasteiger partial charge on any atom is -0.486 e. The van der Waals surface area contributed by atoms with Crippen LogP contribution in [-0.2, 0) is 16.4 Å². The maximum absolute atomic E-state index is 12.2. The highest BCUT2D eigenvalue weighted by atomic mass is 32.2. The van der Waals surface area contributed by atoms with Crippen molar-refractivity contribution in [2.24, 2.45) is 0 Å². The van der Waals surface area contributed by atoms with Crippen LogP contribution in [0.4, 0.5) is 0 Å². The van der Waals surface area contributed by atoms with Crippen molar-refractivity contribution in [1.29, 1.82) is 0 Å². The van der Waals surface area contributed by atoms with Crippen LogP contribution < -0.4 is 14.2 Å². The molecule has 3 rings (SSSR count). The van der Waals surface area contributed by atoms with Gasteiger partial charge in [-0.05, 0) is 12.1 Å². The van der Waals surface area contributed by atoms with Gasteiger partial charge in [0.15, 0.2) is 11.5 Å². The van der Waals surface area contributed by atoms with Gasteiger partial charge in [-0.25, -0.2) is 18.1 Å². The summed E-state index contributed by atoms with van der Waals surface area (Å²) in [5.41, 5.74) is 0. The first-order valence-corrected chi connectivity index (χ1v) is 8.01. The summed E-state index contributed by atoms with van der Waals surface area (Å²) >= 11 is 0. The zero-order valence-corrected chi connectivity index (χ0v) is 12.0. The SMILES string of the molecule is O=S(=O)(NCCc1ncc[nH]1)c1ccc2c(c1)OCCO2. The molecule has 0 aliphatic carbocycles. The van der Waals surface area contributed by atoms with Crippen LogP contribution in [-0.4, -0.2) is 38.1 Å². The summed E-state index contributed by atoms with van der Waals surface area (Å²) in [4.78, 5) is 7.12. The topological polar surface area (TPSA) is 93.3 Å². The molecule has 0 amide bonds. The zero-order chi connectivity index (χ0) is 14.7. The Balaban J connectivity index is 1.69. The van der Waals surface area contributed by atoms with E-state index in [-0.39, 0.29) is 11.4 Å². The molecule has 0 saturated heterocycles. The van der Waals surface area contributed by atoms with Crippen molar-refractivity contribution in [2.75, 3.05) is 19.8 Å². The number of fused-ring (bicyclic) bond motifs is 1. The Labute approximate surface area is 122 Å². The van der Waals surface area contributed by atoms with E-state index in [4.69, 9.17) is 9.47 Å². The fourth-order valence-corrected chi connectivity index (χ4v) is 3.06. The molecule has 0 saturated carbocycles. The van der Waals surface area contributed by atoms with E-state index in [1.54, 1.807) is 18.5 Å². The highest BCUT2D eigenvalue weighted by molar-refractivity contribution is 7.89. The fourth-order valence-electron chi connectivity index (χ4n) is 2.01. The van der Waals surface area contributed by atoms with Gasteiger partial charge in [-0.2, -0.15) is 0 Å². The molecule has 0 unspecified atom stereocenters. The van der Waals surface area contributed by atoms with Crippen molar-refractivity contribution in [3.63, 3.8) is 0 Å². The second-order valence-corrected chi connectivity index (χ2v) is 6.26. The third-order valence-electron chi connectivity index (χ3n) is 3.03. The van der Waals surface area contributed by atoms with Crippen LogP contribution in [0.1, 0.15) is 5.82 Å². The molecular weight excluding hydrogens is 294 g/mol. The molecule has 2 aromatic rings. The van der Waals surface area contributed by atoms with Crippen molar-refractivity contribution >= 4 is 10.0 Å². The van der Waals surface area contributed by atoms with Crippen LogP contribution in [0, 0.1) is 0 Å². The van der Waals surface area contributed by atoms with Gasteiger partial charge < -0.3 is 14.5 Å². The molecule has 1 aliphatic rings. The van der Waals surface area contributed by atoms with Crippen molar-refractivity contribution in [1.82, 2.24) is 14.7 Å². The summed E-state index contributed by atoms with van der Waals surface area (Å²) in [6, 6.07) is 4.59. The van der Waals surface area contributed by atoms with Crippen molar-refractivity contribution in [2.45, 2.75) is 11.3 Å². The maximum atomic E-state index is 12.2. The van der Waals surface area contributed by atoms with E-state index in [1.807, 2.05) is 0 Å². The third kappa shape index (κ3) is 3.17. The molecule has 1 aromatic carbocycles. The number of hydrogen-bond acceptors (Lipinski definition) is 5. The quantitative estimate of drug-likeness (QED) is 0.848. The summed E-state index contributed by atoms with van der Waals surface area (Å²) < 4.78 is 37.7. The van der Waals surface area contributed by atoms with Crippen LogP contribution >= 0.6 is 0 Å². The fraction of sp³-hybridized carbons (Fsp3) is 0.308. The molecule has 0 bridgehead atoms. The highest BCUT2D eigenvalue weighted by Gasteiger charge is 2.19. The van der Waals surface area contributed by atoms with E-state index in [0.29, 0.717) is 31.1 Å². The standard InChI is InChI=1S/C13H15N3O4S/c17-21(18,16-4-3-13-14-5-6-15-13)10-1-2-11-12(9-10)20-8-7-19-11/h1-2,5-6,9,16H,3-4,7-8H2,(H,14,15). The molecule has 1 aromatic heterocycles. The number of aromatic amines is 1. The molecular formula is C13H15N3O4S. The lowest BCUT2D eigenvalue weighted by molar-refractivity contribution is 0.171. The van der Waals surface area contributed by atoms with Crippen LogP contribution in [0.15, 0.2) is 35.5 Å². The Bertz CT molecular complexity index is 713. The zero-order valence-electron chi connectivity index (χ0n) is 11.2. The second kappa shape index (κ2) is 5.74. The minimum atomic E-state index is -3.57. The smallest absolute Gasteiger partial charge is 0.240 e. The molecule has 21 heavy (non-hydrogen) atoms. The lowest BCUT2D eigenvalue weighted by Gasteiger charge is -2.18. The van der Waals surface area contributed by atoms with Crippen molar-refractivity contribution in [3.8, 4) is 11.5 Å². The summed E-state index contributed by atoms with van der Waals surface area (Å²) in [5.74, 6) is 1.76. The largest absolute Gasteiger partial charge is 0.486 e. The summed E-state index contributed by atoms with van der Waals surface area (Å²) in [6.45, 7) is 1.16. The van der Waals surface area contributed by atoms with E-state index in [2.05, 4.69) is 14.7 Å². The average Bonchev–Trinajstić information content (AvgIpc) is 3.00. The molecule has 1 aliphatic heterocycles. The Morgan fingerprint density at radius 2 is 2.05 bits per heavy atom. The number of rotatable bonds is 5. The highest BCUT2D eigenvalue weighted by Crippen LogP contribution is 2.32. The lowest BCUT2D eigenvalue weighted by Crippen LogP contribution is -2.26. The Kier molecular flexibility index (Phi) is 3.80. The average molecular weight is 309 g/mol. The van der Waals surface area contributed by atoms with Gasteiger partial charge in [-0.3, -0.25) is 0 Å². The third-order valence-corrected chi connectivity index (χ3v) is 4.49. The molecule has 2 heterocycles. The summed E-state index contributed by atoms with van der Waals surface area (Å²) in [7, 11) is -3.57. The number of nitrogens with one attached hydrogen (secondary N) is 2. The van der Waals surface area contributed by atoms with E-state index < -0.39 is 10.0 Å². The number of nitrogens with zero attached hydrogens (tertiary/aromatic N) is 1. The van der Waals surface area contributed by atoms with E-state index in [9.17, 15) is 8.42 Å². The van der Waals surface area contributed by atoms with Gasteiger partial charge in [0, 0.05) is 31.4 Å². The molecule has 0 radical (unpaired) electrons. The molecule has 112 valence electrons. The minimum absolute atomic E-state index is 0.159. The van der Waals surface area contributed by atoms with E-state index >= 15 is 0 Å². The molecule has 7 nitrogen and oxygen atoms in total. The summed E-state index contributed by atoms with van der Waals surface area (Å²) in [5, 5.41) is 0. The van der Waals surface area contributed by atoms with Gasteiger partial charge in [0.25, 0.3) is 0 Å². The van der Waals surface area contributed by atoms with Gasteiger partial charge in [-0.1, -0.05) is 0 Å². The molecule has 0 spiro atoms. The van der Waals surface area contributed by atoms with Crippen LogP contribution in [0.2, 0.25) is 0 Å². The van der Waals surface area contributed by atoms with Gasteiger partial charge in [0.1, 0.15) is 19.0 Å². The Morgan fingerprint density at radius 3 is 2.81 bits per heavy atom. The first-order valence-electron chi connectivity index (χ1n) is 6.53. The van der Waals surface area contributed by atoms with Gasteiger partial charge in [-0.15, -0.1) is 0 Å². The van der Waals surface area contributed by atoms with E-state index in [0.717, 1.165) is 5.82 Å². The molecule has 0 atom stereocenters. The number of sulfonamides is 1. The van der Waals surface area contributed by atoms with E-state index in [1.165, 1.54) is 12.1 Å². The second-order valence-electron chi connectivity index (χ2n) is 4.49. The number of H-pyrrole nitrogens is 1. The maximum Gasteiger partial charge on any atom is 0.240 e. The van der Waals surface area contributed by atoms with Crippen molar-refractivity contribution < 1.29 is 17.9 Å². The molecule has 2 N–H and O–H groups in total. The number of imidazole rings is 1. The number of ether oxygens (including phenoxy) is 2. The van der Waals surface area contributed by atoms with Gasteiger partial charge in [0.2, 0.25) is 10.0 Å². The number of aromatic nitrogens is 2. The molecule has 0 fully saturated rings. The lowest BCUT2D eigenvalue weighted by atomic mass is 10.3. The van der Waals surface area contributed by atoms with Crippen LogP contribution in [0.25, 0.3) is 0 Å². The first-order chi connectivity index (χ1) is 10.1. The van der Waals surface area contributed by atoms with Crippen LogP contribution in [0.3, 0.4) is 0 Å². The predicted molar refractivity (Wildman–Crippen MR) is 74.9 cm³/mol. The Morgan fingerprint density at radius 1 is 1.24 bits per heavy atom. The van der Waals surface area contributed by atoms with Crippen LogP contribution in [0.5, 0.6) is 11.5 Å². The summed E-state index contributed by atoms with van der Waals surface area (Å²) in [6.07, 6.45) is 3.83. The Hall–Kier alpha value is -2.06. The normalized spacial score (nSPS) is 14.1. The molecule has 8 heteroatoms. The van der Waals surface area contributed by atoms with Gasteiger partial charge in [0.05, 0.1) is 4.90 Å². The predicted octanol–water partition coefficient (Wildman–Crippen LogP) is 0.702.